The molecule has 3 rings (SSSR count). The Labute approximate surface area is 152 Å². The summed E-state index contributed by atoms with van der Waals surface area (Å²) in [5, 5.41) is 11.7. The Morgan fingerprint density at radius 1 is 1.36 bits per heavy atom. The van der Waals surface area contributed by atoms with Crippen LogP contribution in [-0.2, 0) is 4.79 Å². The minimum atomic E-state index is -0.549. The van der Waals surface area contributed by atoms with Crippen molar-refractivity contribution in [2.75, 3.05) is 14.1 Å². The molecule has 128 valence electrons. The highest BCUT2D eigenvalue weighted by Gasteiger charge is 2.30. The fourth-order valence-corrected chi connectivity index (χ4v) is 3.36. The molecule has 25 heavy (non-hydrogen) atoms. The van der Waals surface area contributed by atoms with Crippen molar-refractivity contribution in [2.45, 2.75) is 0 Å². The monoisotopic (exact) mass is 377 g/mol. The summed E-state index contributed by atoms with van der Waals surface area (Å²) in [5.74, 6) is 0.750. The molecule has 1 aliphatic rings. The number of amides is 1. The molecule has 0 bridgehead atoms. The maximum absolute atomic E-state index is 12.1. The zero-order valence-corrected chi connectivity index (χ0v) is 14.8. The average molecular weight is 378 g/mol. The first-order valence-corrected chi connectivity index (χ1v) is 8.28. The summed E-state index contributed by atoms with van der Waals surface area (Å²) in [6, 6.07) is 7.81. The fourth-order valence-electron chi connectivity index (χ4n) is 2.27. The average Bonchev–Trinajstić information content (AvgIpc) is 3.15. The van der Waals surface area contributed by atoms with Gasteiger partial charge in [0, 0.05) is 31.8 Å². The number of hydrogen-bond acceptors (Lipinski definition) is 6. The molecular formula is C16H12ClN3O4S. The van der Waals surface area contributed by atoms with Gasteiger partial charge in [0.15, 0.2) is 5.17 Å². The fraction of sp³-hybridized carbons (Fsp3) is 0.125. The molecule has 0 spiro atoms. The highest BCUT2D eigenvalue weighted by atomic mass is 35.5. The van der Waals surface area contributed by atoms with E-state index in [9.17, 15) is 14.9 Å². The first kappa shape index (κ1) is 17.2. The highest BCUT2D eigenvalue weighted by Crippen LogP contribution is 2.34. The van der Waals surface area contributed by atoms with Gasteiger partial charge in [-0.1, -0.05) is 11.6 Å². The van der Waals surface area contributed by atoms with Gasteiger partial charge in [0.1, 0.15) is 16.5 Å². The molecule has 0 N–H and O–H groups in total. The SMILES string of the molecule is CN=C1S/C(=C\c2ccc(-c3ccc(Cl)c([N+](=O)[O-])c3)o2)C(=O)N1C. The summed E-state index contributed by atoms with van der Waals surface area (Å²) in [5.41, 5.74) is 0.335. The largest absolute Gasteiger partial charge is 0.457 e. The lowest BCUT2D eigenvalue weighted by atomic mass is 10.1. The standard InChI is InChI=1S/C16H12ClN3O4S/c1-18-16-19(2)15(21)14(25-16)8-10-4-6-13(24-10)9-3-5-11(17)12(7-9)20(22)23/h3-8H,1-2H3/b14-8-,18-16?. The topological polar surface area (TPSA) is 89.0 Å². The number of benzene rings is 1. The Bertz CT molecular complexity index is 935. The van der Waals surface area contributed by atoms with Crippen molar-refractivity contribution in [3.63, 3.8) is 0 Å². The van der Waals surface area contributed by atoms with Crippen molar-refractivity contribution >= 4 is 46.2 Å². The number of nitrogens with zero attached hydrogens (tertiary/aromatic N) is 3. The third-order valence-corrected chi connectivity index (χ3v) is 4.99. The van der Waals surface area contributed by atoms with Crippen molar-refractivity contribution in [2.24, 2.45) is 4.99 Å². The molecule has 0 unspecified atom stereocenters. The summed E-state index contributed by atoms with van der Waals surface area (Å²) in [6.07, 6.45) is 1.62. The van der Waals surface area contributed by atoms with Gasteiger partial charge in [-0.05, 0) is 36.0 Å². The van der Waals surface area contributed by atoms with E-state index in [0.717, 1.165) is 0 Å². The second-order valence-electron chi connectivity index (χ2n) is 5.11. The van der Waals surface area contributed by atoms with E-state index in [1.807, 2.05) is 0 Å². The molecule has 7 nitrogen and oxygen atoms in total. The third-order valence-electron chi connectivity index (χ3n) is 3.52. The van der Waals surface area contributed by atoms with Crippen LogP contribution >= 0.6 is 23.4 Å². The molecule has 0 aliphatic carbocycles. The molecule has 1 saturated heterocycles. The van der Waals surface area contributed by atoms with Gasteiger partial charge in [0.05, 0.1) is 9.83 Å². The first-order chi connectivity index (χ1) is 11.9. The molecule has 1 aliphatic heterocycles. The normalized spacial score (nSPS) is 17.7. The quantitative estimate of drug-likeness (QED) is 0.457. The summed E-state index contributed by atoms with van der Waals surface area (Å²) in [7, 11) is 3.27. The van der Waals surface area contributed by atoms with Crippen LogP contribution in [0.15, 0.2) is 44.6 Å². The molecule has 0 saturated carbocycles. The summed E-state index contributed by atoms with van der Waals surface area (Å²) in [4.78, 5) is 28.6. The van der Waals surface area contributed by atoms with E-state index in [1.165, 1.54) is 28.8 Å². The minimum Gasteiger partial charge on any atom is -0.457 e. The molecule has 1 aromatic heterocycles. The van der Waals surface area contributed by atoms with E-state index in [4.69, 9.17) is 16.0 Å². The van der Waals surface area contributed by atoms with Crippen LogP contribution in [0.1, 0.15) is 5.76 Å². The van der Waals surface area contributed by atoms with Crippen LogP contribution < -0.4 is 0 Å². The molecule has 1 aromatic carbocycles. The number of likely N-dealkylation sites (N-methyl/N-ethyl adjacent to an activating group) is 1. The van der Waals surface area contributed by atoms with Gasteiger partial charge in [-0.2, -0.15) is 0 Å². The molecule has 0 radical (unpaired) electrons. The molecule has 9 heteroatoms. The molecule has 1 amide bonds. The molecule has 2 aromatic rings. The van der Waals surface area contributed by atoms with Gasteiger partial charge in [-0.3, -0.25) is 24.8 Å². The van der Waals surface area contributed by atoms with Gasteiger partial charge < -0.3 is 4.42 Å². The number of aliphatic imine (C=N–C) groups is 1. The number of thioether (sulfide) groups is 1. The van der Waals surface area contributed by atoms with E-state index in [2.05, 4.69) is 4.99 Å². The number of nitro benzene ring substituents is 1. The predicted octanol–water partition coefficient (Wildman–Crippen LogP) is 4.04. The molecule has 1 fully saturated rings. The first-order valence-electron chi connectivity index (χ1n) is 7.09. The second kappa shape index (κ2) is 6.73. The summed E-state index contributed by atoms with van der Waals surface area (Å²) >= 11 is 7.07. The van der Waals surface area contributed by atoms with Gasteiger partial charge >= 0.3 is 0 Å². The second-order valence-corrected chi connectivity index (χ2v) is 6.52. The number of carbonyl (C=O) groups is 1. The third kappa shape index (κ3) is 3.31. The Balaban J connectivity index is 1.91. The number of rotatable bonds is 3. The van der Waals surface area contributed by atoms with Crippen molar-refractivity contribution in [1.82, 2.24) is 4.90 Å². The lowest BCUT2D eigenvalue weighted by Crippen LogP contribution is -2.23. The highest BCUT2D eigenvalue weighted by molar-refractivity contribution is 8.18. The Morgan fingerprint density at radius 2 is 2.12 bits per heavy atom. The molecule has 2 heterocycles. The summed E-state index contributed by atoms with van der Waals surface area (Å²) in [6.45, 7) is 0. The van der Waals surface area contributed by atoms with Crippen LogP contribution in [0.3, 0.4) is 0 Å². The van der Waals surface area contributed by atoms with E-state index in [1.54, 1.807) is 38.4 Å². The van der Waals surface area contributed by atoms with Crippen LogP contribution in [-0.4, -0.2) is 35.0 Å². The Kier molecular flexibility index (Phi) is 4.65. The number of furan rings is 1. The minimum absolute atomic E-state index is 0.0602. The zero-order valence-electron chi connectivity index (χ0n) is 13.2. The lowest BCUT2D eigenvalue weighted by molar-refractivity contribution is -0.384. The number of hydrogen-bond donors (Lipinski definition) is 0. The number of halogens is 1. The molecular weight excluding hydrogens is 366 g/mol. The van der Waals surface area contributed by atoms with Gasteiger partial charge in [0.2, 0.25) is 0 Å². The van der Waals surface area contributed by atoms with Crippen molar-refractivity contribution in [3.8, 4) is 11.3 Å². The van der Waals surface area contributed by atoms with Crippen molar-refractivity contribution in [3.05, 3.63) is 56.1 Å². The van der Waals surface area contributed by atoms with Crippen LogP contribution in [0.4, 0.5) is 5.69 Å². The maximum atomic E-state index is 12.1. The van der Waals surface area contributed by atoms with Crippen LogP contribution in [0, 0.1) is 10.1 Å². The zero-order chi connectivity index (χ0) is 18.1. The van der Waals surface area contributed by atoms with Crippen LogP contribution in [0.5, 0.6) is 0 Å². The van der Waals surface area contributed by atoms with Gasteiger partial charge in [0.25, 0.3) is 11.6 Å². The number of nitro groups is 1. The van der Waals surface area contributed by atoms with Gasteiger partial charge in [-0.25, -0.2) is 0 Å². The molecule has 0 atom stereocenters. The Morgan fingerprint density at radius 3 is 2.76 bits per heavy atom. The van der Waals surface area contributed by atoms with E-state index in [-0.39, 0.29) is 16.6 Å². The van der Waals surface area contributed by atoms with Crippen LogP contribution in [0.2, 0.25) is 5.02 Å². The van der Waals surface area contributed by atoms with Crippen molar-refractivity contribution < 1.29 is 14.1 Å². The van der Waals surface area contributed by atoms with E-state index in [0.29, 0.717) is 27.2 Å². The Hall–Kier alpha value is -2.58. The predicted molar refractivity (Wildman–Crippen MR) is 97.5 cm³/mol. The van der Waals surface area contributed by atoms with Crippen molar-refractivity contribution in [1.29, 1.82) is 0 Å². The number of carbonyl (C=O) groups excluding carboxylic acids is 1. The maximum Gasteiger partial charge on any atom is 0.288 e. The van der Waals surface area contributed by atoms with Crippen LogP contribution in [0.25, 0.3) is 17.4 Å². The van der Waals surface area contributed by atoms with E-state index >= 15 is 0 Å². The number of amidine groups is 1. The van der Waals surface area contributed by atoms with E-state index < -0.39 is 4.92 Å². The van der Waals surface area contributed by atoms with Gasteiger partial charge in [-0.15, -0.1) is 0 Å². The lowest BCUT2D eigenvalue weighted by Gasteiger charge is -2.04. The summed E-state index contributed by atoms with van der Waals surface area (Å²) < 4.78 is 5.69. The smallest absolute Gasteiger partial charge is 0.288 e.